The number of ether oxygens (including phenoxy) is 2. The molecule has 0 unspecified atom stereocenters. The predicted octanol–water partition coefficient (Wildman–Crippen LogP) is 6.82. The third kappa shape index (κ3) is 4.81. The van der Waals surface area contributed by atoms with Crippen LogP contribution in [0.4, 0.5) is 0 Å². The SMILES string of the molecule is COc1cc(C=CC(=O)O[C@H]2[C@H](O)C[C@@]3(C)[C@@H](CC[C@]4(C)[C@@H]3CC=C3[C@@H](O)[C@@]5(CCC(C)(C)C5)CC[C@]34C)[C@]2(C)CO)ccc1O. The number of aliphatic hydroxyl groups excluding tert-OH is 3. The highest BCUT2D eigenvalue weighted by atomic mass is 16.6. The average Bonchev–Trinajstić information content (AvgIpc) is 3.32. The Morgan fingerprint density at radius 2 is 1.72 bits per heavy atom. The van der Waals surface area contributed by atoms with Crippen LogP contribution in [0.15, 0.2) is 35.9 Å². The van der Waals surface area contributed by atoms with Crippen molar-refractivity contribution in [2.45, 2.75) is 118 Å². The third-order valence-electron chi connectivity index (χ3n) is 14.6. The molecule has 0 bridgehead atoms. The standard InChI is InChI=1S/C39H56O7/c1-34(2)16-18-39(22-34)19-17-37(5)25(32(39)44)10-12-30-35(3)21-27(42)33(36(4,23-40)29(35)14-15-38(30,37)6)46-31(43)13-9-24-8-11-26(41)28(20-24)45-7/h8-11,13,20,27,29-30,32-33,40-42,44H,12,14-19,21-23H2,1-7H3/t27-,29-,30-,32-,33+,35+,36+,37-,38-,39+/m1/s1. The summed E-state index contributed by atoms with van der Waals surface area (Å²) < 4.78 is 11.2. The molecule has 0 aromatic heterocycles. The number of methoxy groups -OCH3 is 1. The number of carbonyl (C=O) groups is 1. The predicted molar refractivity (Wildman–Crippen MR) is 178 cm³/mol. The normalized spacial score (nSPS) is 44.7. The molecule has 46 heavy (non-hydrogen) atoms. The Bertz CT molecular complexity index is 1430. The minimum atomic E-state index is -0.925. The minimum Gasteiger partial charge on any atom is -0.504 e. The maximum atomic E-state index is 13.1. The number of fused-ring (bicyclic) bond motifs is 5. The van der Waals surface area contributed by atoms with Crippen LogP contribution in [0.25, 0.3) is 6.08 Å². The zero-order valence-electron chi connectivity index (χ0n) is 28.9. The molecule has 0 saturated heterocycles. The number of hydrogen-bond acceptors (Lipinski definition) is 7. The van der Waals surface area contributed by atoms with Crippen LogP contribution in [0.2, 0.25) is 0 Å². The number of aliphatic hydroxyl groups is 3. The van der Waals surface area contributed by atoms with Crippen molar-refractivity contribution in [2.75, 3.05) is 13.7 Å². The molecule has 254 valence electrons. The molecule has 4 N–H and O–H groups in total. The fourth-order valence-electron chi connectivity index (χ4n) is 12.0. The smallest absolute Gasteiger partial charge is 0.331 e. The van der Waals surface area contributed by atoms with Crippen molar-refractivity contribution in [1.29, 1.82) is 0 Å². The number of rotatable bonds is 5. The maximum absolute atomic E-state index is 13.1. The second kappa shape index (κ2) is 11.1. The fourth-order valence-corrected chi connectivity index (χ4v) is 12.0. The summed E-state index contributed by atoms with van der Waals surface area (Å²) in [4.78, 5) is 13.1. The topological polar surface area (TPSA) is 116 Å². The second-order valence-electron chi connectivity index (χ2n) is 17.5. The van der Waals surface area contributed by atoms with Gasteiger partial charge < -0.3 is 29.9 Å². The van der Waals surface area contributed by atoms with Gasteiger partial charge >= 0.3 is 5.97 Å². The van der Waals surface area contributed by atoms with Crippen molar-refractivity contribution in [1.82, 2.24) is 0 Å². The Kier molecular flexibility index (Phi) is 8.09. The van der Waals surface area contributed by atoms with Crippen LogP contribution < -0.4 is 4.74 Å². The summed E-state index contributed by atoms with van der Waals surface area (Å²) in [5.74, 6) is 0.0351. The Labute approximate surface area is 275 Å². The van der Waals surface area contributed by atoms with E-state index in [0.717, 1.165) is 44.9 Å². The second-order valence-corrected chi connectivity index (χ2v) is 17.5. The molecule has 5 aliphatic rings. The number of hydrogen-bond donors (Lipinski definition) is 4. The molecule has 0 radical (unpaired) electrons. The quantitative estimate of drug-likeness (QED) is 0.159. The van der Waals surface area contributed by atoms with Crippen molar-refractivity contribution in [3.8, 4) is 11.5 Å². The van der Waals surface area contributed by atoms with Crippen LogP contribution in [0.3, 0.4) is 0 Å². The van der Waals surface area contributed by atoms with Gasteiger partial charge in [-0.3, -0.25) is 0 Å². The first-order valence-corrected chi connectivity index (χ1v) is 17.4. The molecule has 6 rings (SSSR count). The fraction of sp³-hybridized carbons (Fsp3) is 0.718. The van der Waals surface area contributed by atoms with E-state index in [1.54, 1.807) is 18.2 Å². The molecule has 1 aromatic rings. The zero-order valence-corrected chi connectivity index (χ0v) is 28.9. The Morgan fingerprint density at radius 1 is 1.00 bits per heavy atom. The van der Waals surface area contributed by atoms with Crippen molar-refractivity contribution in [3.63, 3.8) is 0 Å². The van der Waals surface area contributed by atoms with Gasteiger partial charge in [-0.15, -0.1) is 0 Å². The average molecular weight is 637 g/mol. The summed E-state index contributed by atoms with van der Waals surface area (Å²) in [5, 5.41) is 44.7. The van der Waals surface area contributed by atoms with Gasteiger partial charge in [0, 0.05) is 16.9 Å². The molecular formula is C39H56O7. The number of phenolic OH excluding ortho intramolecular Hbond substituents is 1. The molecule has 0 amide bonds. The lowest BCUT2D eigenvalue weighted by Crippen LogP contribution is -2.68. The van der Waals surface area contributed by atoms with Gasteiger partial charge in [-0.05, 0) is 121 Å². The molecule has 10 atom stereocenters. The first-order valence-electron chi connectivity index (χ1n) is 17.4. The first-order chi connectivity index (χ1) is 21.5. The third-order valence-corrected chi connectivity index (χ3v) is 14.6. The van der Waals surface area contributed by atoms with Gasteiger partial charge in [0.2, 0.25) is 0 Å². The van der Waals surface area contributed by atoms with Crippen molar-refractivity contribution < 1.29 is 34.7 Å². The van der Waals surface area contributed by atoms with Gasteiger partial charge in [0.15, 0.2) is 11.5 Å². The van der Waals surface area contributed by atoms with Gasteiger partial charge in [-0.2, -0.15) is 0 Å². The van der Waals surface area contributed by atoms with Crippen LogP contribution >= 0.6 is 0 Å². The lowest BCUT2D eigenvalue weighted by atomic mass is 9.34. The van der Waals surface area contributed by atoms with E-state index in [9.17, 15) is 25.2 Å². The highest BCUT2D eigenvalue weighted by molar-refractivity contribution is 5.87. The summed E-state index contributed by atoms with van der Waals surface area (Å²) in [6.45, 7) is 13.6. The molecule has 4 fully saturated rings. The monoisotopic (exact) mass is 636 g/mol. The van der Waals surface area contributed by atoms with Crippen LogP contribution in [0.5, 0.6) is 11.5 Å². The van der Waals surface area contributed by atoms with E-state index in [2.05, 4.69) is 40.7 Å². The Hall–Kier alpha value is -2.35. The van der Waals surface area contributed by atoms with E-state index < -0.39 is 29.7 Å². The van der Waals surface area contributed by atoms with Crippen LogP contribution in [0, 0.1) is 44.3 Å². The van der Waals surface area contributed by atoms with Crippen molar-refractivity contribution >= 4 is 12.0 Å². The summed E-state index contributed by atoms with van der Waals surface area (Å²) in [7, 11) is 1.46. The molecule has 7 heteroatoms. The molecule has 0 aliphatic heterocycles. The van der Waals surface area contributed by atoms with Crippen LogP contribution in [0.1, 0.15) is 105 Å². The summed E-state index contributed by atoms with van der Waals surface area (Å²) in [6.07, 6.45) is 11.7. The van der Waals surface area contributed by atoms with E-state index in [0.29, 0.717) is 17.7 Å². The van der Waals surface area contributed by atoms with E-state index in [4.69, 9.17) is 9.47 Å². The van der Waals surface area contributed by atoms with E-state index in [1.807, 2.05) is 6.92 Å². The zero-order chi connectivity index (χ0) is 33.5. The number of carbonyl (C=O) groups excluding carboxylic acids is 1. The highest BCUT2D eigenvalue weighted by Gasteiger charge is 2.70. The van der Waals surface area contributed by atoms with Gasteiger partial charge in [-0.25, -0.2) is 4.79 Å². The van der Waals surface area contributed by atoms with Crippen LogP contribution in [-0.2, 0) is 9.53 Å². The largest absolute Gasteiger partial charge is 0.504 e. The number of phenols is 1. The minimum absolute atomic E-state index is 0.0120. The van der Waals surface area contributed by atoms with Crippen LogP contribution in [-0.4, -0.2) is 58.4 Å². The lowest BCUT2D eigenvalue weighted by Gasteiger charge is -2.71. The molecule has 0 heterocycles. The van der Waals surface area contributed by atoms with Gasteiger partial charge in [0.05, 0.1) is 25.9 Å². The lowest BCUT2D eigenvalue weighted by molar-refractivity contribution is -0.249. The molecule has 1 spiro atoms. The Morgan fingerprint density at radius 3 is 2.37 bits per heavy atom. The summed E-state index contributed by atoms with van der Waals surface area (Å²) in [6, 6.07) is 4.80. The molecule has 4 saturated carbocycles. The van der Waals surface area contributed by atoms with Gasteiger partial charge in [0.25, 0.3) is 0 Å². The number of esters is 1. The maximum Gasteiger partial charge on any atom is 0.331 e. The van der Waals surface area contributed by atoms with Gasteiger partial charge in [0.1, 0.15) is 6.10 Å². The summed E-state index contributed by atoms with van der Waals surface area (Å²) >= 11 is 0. The van der Waals surface area contributed by atoms with E-state index in [1.165, 1.54) is 31.2 Å². The van der Waals surface area contributed by atoms with Gasteiger partial charge in [-0.1, -0.05) is 53.7 Å². The molecular weight excluding hydrogens is 580 g/mol. The van der Waals surface area contributed by atoms with Crippen molar-refractivity contribution in [2.24, 2.45) is 44.3 Å². The van der Waals surface area contributed by atoms with E-state index >= 15 is 0 Å². The number of benzene rings is 1. The summed E-state index contributed by atoms with van der Waals surface area (Å²) in [5.41, 5.74) is 0.858. The first kappa shape index (κ1) is 33.5. The van der Waals surface area contributed by atoms with E-state index in [-0.39, 0.29) is 51.3 Å². The Balaban J connectivity index is 1.26. The highest BCUT2D eigenvalue weighted by Crippen LogP contribution is 2.75. The van der Waals surface area contributed by atoms with Crippen molar-refractivity contribution in [3.05, 3.63) is 41.5 Å². The molecule has 7 nitrogen and oxygen atoms in total. The molecule has 5 aliphatic carbocycles. The number of allylic oxidation sites excluding steroid dienone is 1. The number of aromatic hydroxyl groups is 1. The molecule has 1 aromatic carbocycles.